The normalized spacial score (nSPS) is 12.2. The summed E-state index contributed by atoms with van der Waals surface area (Å²) in [6, 6.07) is 12.4. The number of aromatic nitrogens is 1. The number of hydrogen-bond donors (Lipinski definition) is 2. The van der Waals surface area contributed by atoms with Crippen molar-refractivity contribution in [3.8, 4) is 0 Å². The van der Waals surface area contributed by atoms with E-state index in [1.807, 2.05) is 0 Å². The fourth-order valence-electron chi connectivity index (χ4n) is 2.35. The van der Waals surface area contributed by atoms with Gasteiger partial charge in [0.05, 0.1) is 20.0 Å². The highest BCUT2D eigenvalue weighted by Gasteiger charge is 2.15. The van der Waals surface area contributed by atoms with Crippen LogP contribution in [-0.4, -0.2) is 40.5 Å². The van der Waals surface area contributed by atoms with Gasteiger partial charge in [-0.1, -0.05) is 29.5 Å². The van der Waals surface area contributed by atoms with Gasteiger partial charge in [-0.05, 0) is 30.3 Å². The van der Waals surface area contributed by atoms with Crippen molar-refractivity contribution >= 4 is 52.5 Å². The maximum atomic E-state index is 12.1. The molecule has 0 atom stereocenters. The highest BCUT2D eigenvalue weighted by molar-refractivity contribution is 7.90. The lowest BCUT2D eigenvalue weighted by Crippen LogP contribution is -2.27. The average Bonchev–Trinajstić information content (AvgIpc) is 3.02. The lowest BCUT2D eigenvalue weighted by molar-refractivity contribution is -0.116. The maximum absolute atomic E-state index is 12.1. The Kier molecular flexibility index (Phi) is 5.79. The Bertz CT molecular complexity index is 1220. The summed E-state index contributed by atoms with van der Waals surface area (Å²) >= 11 is 1.15. The first kappa shape index (κ1) is 20.4. The Hall–Kier alpha value is -2.34. The molecule has 2 aromatic carbocycles. The van der Waals surface area contributed by atoms with Gasteiger partial charge in [0.2, 0.25) is 15.9 Å². The van der Waals surface area contributed by atoms with Crippen LogP contribution in [0.1, 0.15) is 6.42 Å². The smallest absolute Gasteiger partial charge is 0.240 e. The van der Waals surface area contributed by atoms with Crippen molar-refractivity contribution in [1.29, 1.82) is 0 Å². The summed E-state index contributed by atoms with van der Waals surface area (Å²) < 4.78 is 50.4. The standard InChI is InChI=1S/C17H17N3O5S3/c1-27(22,23)13-7-8-14-15(11-13)26-17(19-14)20-16(21)9-10-18-28(24,25)12-5-3-2-4-6-12/h2-8,11,18H,9-10H2,1H3,(H,19,20,21). The second-order valence-electron chi connectivity index (χ2n) is 5.93. The van der Waals surface area contributed by atoms with Gasteiger partial charge in [-0.3, -0.25) is 4.79 Å². The van der Waals surface area contributed by atoms with Crippen LogP contribution in [-0.2, 0) is 24.7 Å². The molecule has 1 amide bonds. The summed E-state index contributed by atoms with van der Waals surface area (Å²) in [7, 11) is -7.00. The van der Waals surface area contributed by atoms with E-state index in [0.29, 0.717) is 15.3 Å². The first-order valence-electron chi connectivity index (χ1n) is 8.10. The predicted octanol–water partition coefficient (Wildman–Crippen LogP) is 2.01. The number of hydrogen-bond acceptors (Lipinski definition) is 7. The van der Waals surface area contributed by atoms with E-state index in [9.17, 15) is 21.6 Å². The molecule has 0 aliphatic carbocycles. The number of nitrogens with zero attached hydrogens (tertiary/aromatic N) is 1. The van der Waals surface area contributed by atoms with Crippen LogP contribution in [0.15, 0.2) is 58.3 Å². The van der Waals surface area contributed by atoms with E-state index in [0.717, 1.165) is 17.6 Å². The van der Waals surface area contributed by atoms with Crippen molar-refractivity contribution < 1.29 is 21.6 Å². The Morgan fingerprint density at radius 3 is 2.43 bits per heavy atom. The van der Waals surface area contributed by atoms with Crippen molar-refractivity contribution in [2.45, 2.75) is 16.2 Å². The summed E-state index contributed by atoms with van der Waals surface area (Å²) in [4.78, 5) is 16.6. The van der Waals surface area contributed by atoms with Crippen molar-refractivity contribution in [3.63, 3.8) is 0 Å². The van der Waals surface area contributed by atoms with E-state index < -0.39 is 25.8 Å². The first-order chi connectivity index (χ1) is 13.1. The molecule has 0 aliphatic rings. The van der Waals surface area contributed by atoms with E-state index in [1.54, 1.807) is 24.3 Å². The average molecular weight is 440 g/mol. The Labute approximate surface area is 166 Å². The molecule has 3 aromatic rings. The highest BCUT2D eigenvalue weighted by atomic mass is 32.2. The van der Waals surface area contributed by atoms with E-state index in [2.05, 4.69) is 15.0 Å². The third-order valence-electron chi connectivity index (χ3n) is 3.73. The first-order valence-corrected chi connectivity index (χ1v) is 12.3. The maximum Gasteiger partial charge on any atom is 0.240 e. The molecule has 148 valence electrons. The second kappa shape index (κ2) is 7.95. The van der Waals surface area contributed by atoms with E-state index in [1.165, 1.54) is 24.3 Å². The Balaban J connectivity index is 1.60. The van der Waals surface area contributed by atoms with Crippen LogP contribution in [0.25, 0.3) is 10.2 Å². The van der Waals surface area contributed by atoms with Gasteiger partial charge in [0.25, 0.3) is 0 Å². The number of thiazole rings is 1. The molecule has 1 heterocycles. The van der Waals surface area contributed by atoms with E-state index in [-0.39, 0.29) is 22.8 Å². The third-order valence-corrected chi connectivity index (χ3v) is 7.25. The molecule has 0 saturated carbocycles. The number of amides is 1. The number of anilines is 1. The molecule has 8 nitrogen and oxygen atoms in total. The summed E-state index contributed by atoms with van der Waals surface area (Å²) in [6.45, 7) is -0.0633. The Morgan fingerprint density at radius 1 is 1.04 bits per heavy atom. The summed E-state index contributed by atoms with van der Waals surface area (Å²) in [6.07, 6.45) is 1.05. The molecule has 0 fully saturated rings. The van der Waals surface area contributed by atoms with Crippen LogP contribution in [0, 0.1) is 0 Å². The molecule has 3 rings (SSSR count). The lowest BCUT2D eigenvalue weighted by Gasteiger charge is -2.06. The zero-order chi connectivity index (χ0) is 20.4. The van der Waals surface area contributed by atoms with Crippen molar-refractivity contribution in [2.75, 3.05) is 18.1 Å². The number of carbonyl (C=O) groups excluding carboxylic acids is 1. The van der Waals surface area contributed by atoms with Gasteiger partial charge < -0.3 is 5.32 Å². The SMILES string of the molecule is CS(=O)(=O)c1ccc2nc(NC(=O)CCNS(=O)(=O)c3ccccc3)sc2c1. The molecular weight excluding hydrogens is 422 g/mol. The molecule has 0 aliphatic heterocycles. The number of sulfonamides is 1. The van der Waals surface area contributed by atoms with Gasteiger partial charge in [0.15, 0.2) is 15.0 Å². The van der Waals surface area contributed by atoms with Crippen LogP contribution >= 0.6 is 11.3 Å². The van der Waals surface area contributed by atoms with Gasteiger partial charge in [0, 0.05) is 19.2 Å². The molecule has 2 N–H and O–H groups in total. The van der Waals surface area contributed by atoms with E-state index >= 15 is 0 Å². The number of benzene rings is 2. The second-order valence-corrected chi connectivity index (χ2v) is 10.7. The van der Waals surface area contributed by atoms with E-state index in [4.69, 9.17) is 0 Å². The fourth-order valence-corrected chi connectivity index (χ4v) is 5.05. The molecule has 1 aromatic heterocycles. The molecule has 0 spiro atoms. The molecule has 0 saturated heterocycles. The minimum absolute atomic E-state index is 0.0633. The zero-order valence-electron chi connectivity index (χ0n) is 14.7. The highest BCUT2D eigenvalue weighted by Crippen LogP contribution is 2.28. The Morgan fingerprint density at radius 2 is 1.75 bits per heavy atom. The van der Waals surface area contributed by atoms with Gasteiger partial charge in [0.1, 0.15) is 0 Å². The number of sulfone groups is 1. The van der Waals surface area contributed by atoms with Crippen LogP contribution in [0.4, 0.5) is 5.13 Å². The molecule has 0 unspecified atom stereocenters. The van der Waals surface area contributed by atoms with Crippen LogP contribution in [0.2, 0.25) is 0 Å². The molecule has 28 heavy (non-hydrogen) atoms. The van der Waals surface area contributed by atoms with Crippen LogP contribution in [0.3, 0.4) is 0 Å². The van der Waals surface area contributed by atoms with Gasteiger partial charge in [-0.25, -0.2) is 26.5 Å². The monoisotopic (exact) mass is 439 g/mol. The topological polar surface area (TPSA) is 122 Å². The number of carbonyl (C=O) groups is 1. The molecule has 0 radical (unpaired) electrons. The number of rotatable bonds is 7. The van der Waals surface area contributed by atoms with Crippen molar-refractivity contribution in [1.82, 2.24) is 9.71 Å². The van der Waals surface area contributed by atoms with Crippen molar-refractivity contribution in [2.24, 2.45) is 0 Å². The lowest BCUT2D eigenvalue weighted by atomic mass is 10.3. The van der Waals surface area contributed by atoms with Crippen LogP contribution < -0.4 is 10.0 Å². The summed E-state index contributed by atoms with van der Waals surface area (Å²) in [5.41, 5.74) is 0.567. The van der Waals surface area contributed by atoms with Gasteiger partial charge >= 0.3 is 0 Å². The third kappa shape index (κ3) is 4.93. The molecular formula is C17H17N3O5S3. The fraction of sp³-hybridized carbons (Fsp3) is 0.176. The molecule has 11 heteroatoms. The van der Waals surface area contributed by atoms with Crippen LogP contribution in [0.5, 0.6) is 0 Å². The minimum atomic E-state index is -3.67. The van der Waals surface area contributed by atoms with Gasteiger partial charge in [-0.2, -0.15) is 0 Å². The van der Waals surface area contributed by atoms with Crippen molar-refractivity contribution in [3.05, 3.63) is 48.5 Å². The minimum Gasteiger partial charge on any atom is -0.302 e. The quantitative estimate of drug-likeness (QED) is 0.581. The number of fused-ring (bicyclic) bond motifs is 1. The summed E-state index contributed by atoms with van der Waals surface area (Å²) in [5, 5.41) is 2.92. The van der Waals surface area contributed by atoms with Gasteiger partial charge in [-0.15, -0.1) is 0 Å². The molecule has 0 bridgehead atoms. The largest absolute Gasteiger partial charge is 0.302 e. The predicted molar refractivity (Wildman–Crippen MR) is 108 cm³/mol. The summed E-state index contributed by atoms with van der Waals surface area (Å²) in [5.74, 6) is -0.404. The number of nitrogens with one attached hydrogen (secondary N) is 2. The zero-order valence-corrected chi connectivity index (χ0v) is 17.2.